The van der Waals surface area contributed by atoms with Gasteiger partial charge in [0.15, 0.2) is 5.60 Å². The normalized spacial score (nSPS) is 16.5. The summed E-state index contributed by atoms with van der Waals surface area (Å²) in [5.74, 6) is -3.12. The Kier molecular flexibility index (Phi) is 8.85. The Morgan fingerprint density at radius 3 is 2.40 bits per heavy atom. The molecule has 53 heavy (non-hydrogen) atoms. The van der Waals surface area contributed by atoms with Gasteiger partial charge >= 0.3 is 11.9 Å². The number of para-hydroxylation sites is 1. The number of hydrazone groups is 1. The maximum Gasteiger partial charge on any atom is 0.340 e. The summed E-state index contributed by atoms with van der Waals surface area (Å²) in [5.41, 5.74) is 0.498. The first kappa shape index (κ1) is 34.1. The third-order valence-corrected chi connectivity index (χ3v) is 8.55. The number of fused-ring (bicyclic) bond motifs is 6. The number of ether oxygens (including phenoxy) is 4. The summed E-state index contributed by atoms with van der Waals surface area (Å²) in [7, 11) is 0. The molecule has 7 rings (SSSR count). The van der Waals surface area contributed by atoms with Crippen molar-refractivity contribution in [2.75, 3.05) is 19.7 Å². The van der Waals surface area contributed by atoms with Crippen LogP contribution in [0.2, 0.25) is 0 Å². The summed E-state index contributed by atoms with van der Waals surface area (Å²) in [6, 6.07) is 22.0. The third kappa shape index (κ3) is 6.40. The van der Waals surface area contributed by atoms with Crippen LogP contribution in [0.5, 0.6) is 23.0 Å². The number of imide groups is 1. The molecule has 0 bridgehead atoms. The lowest BCUT2D eigenvalue weighted by atomic mass is 9.77. The molecule has 1 N–H and O–H groups in total. The fraction of sp³-hybridized carbons (Fsp3) is 0.135. The van der Waals surface area contributed by atoms with Crippen LogP contribution in [0.3, 0.4) is 0 Å². The van der Waals surface area contributed by atoms with Gasteiger partial charge in [-0.3, -0.25) is 34.2 Å². The second-order valence-electron chi connectivity index (χ2n) is 11.8. The molecule has 0 radical (unpaired) electrons. The number of nitro benzene ring substituents is 1. The summed E-state index contributed by atoms with van der Waals surface area (Å²) in [6.45, 7) is -2.21. The predicted molar refractivity (Wildman–Crippen MR) is 181 cm³/mol. The number of hydrogen-bond donors (Lipinski definition) is 1. The number of benzene rings is 4. The molecular formula is C37H26N4O12. The fourth-order valence-electron chi connectivity index (χ4n) is 6.13. The summed E-state index contributed by atoms with van der Waals surface area (Å²) in [6.07, 6.45) is 3.15. The van der Waals surface area contributed by atoms with E-state index in [0.29, 0.717) is 32.2 Å². The SMILES string of the molecule is O=C(CN(/N=C/COc1ccc2c(c1)Oc1cc(O)ccc1C21OC(=O)c2ccccc21)C(=O)CN1C(=O)C=CC1=O)OCc1ccccc1[N+](=O)[O-]. The summed E-state index contributed by atoms with van der Waals surface area (Å²) in [4.78, 5) is 74.5. The molecule has 16 nitrogen and oxygen atoms in total. The van der Waals surface area contributed by atoms with Gasteiger partial charge in [-0.2, -0.15) is 5.10 Å². The van der Waals surface area contributed by atoms with E-state index in [1.54, 1.807) is 48.5 Å². The van der Waals surface area contributed by atoms with E-state index < -0.39 is 59.9 Å². The minimum atomic E-state index is -1.36. The number of aromatic hydroxyl groups is 1. The molecule has 3 heterocycles. The zero-order valence-corrected chi connectivity index (χ0v) is 27.4. The van der Waals surface area contributed by atoms with E-state index in [4.69, 9.17) is 18.9 Å². The molecule has 3 aliphatic rings. The highest BCUT2D eigenvalue weighted by atomic mass is 16.6. The lowest BCUT2D eigenvalue weighted by Gasteiger charge is -2.36. The molecule has 1 atom stereocenters. The van der Waals surface area contributed by atoms with Crippen molar-refractivity contribution in [1.29, 1.82) is 0 Å². The fourth-order valence-corrected chi connectivity index (χ4v) is 6.13. The Bertz CT molecular complexity index is 2270. The molecule has 1 unspecified atom stereocenters. The van der Waals surface area contributed by atoms with E-state index in [2.05, 4.69) is 5.10 Å². The van der Waals surface area contributed by atoms with Gasteiger partial charge in [0.1, 0.15) is 49.3 Å². The van der Waals surface area contributed by atoms with Crippen molar-refractivity contribution in [1.82, 2.24) is 9.91 Å². The number of amides is 3. The first-order valence-corrected chi connectivity index (χ1v) is 15.9. The van der Waals surface area contributed by atoms with Gasteiger partial charge in [-0.1, -0.05) is 30.3 Å². The Hall–Kier alpha value is -7.36. The minimum absolute atomic E-state index is 0.0670. The van der Waals surface area contributed by atoms with E-state index in [9.17, 15) is 39.2 Å². The Balaban J connectivity index is 1.09. The van der Waals surface area contributed by atoms with E-state index >= 15 is 0 Å². The van der Waals surface area contributed by atoms with Crippen LogP contribution in [0.1, 0.15) is 32.6 Å². The maximum atomic E-state index is 13.2. The average Bonchev–Trinajstić information content (AvgIpc) is 3.62. The largest absolute Gasteiger partial charge is 0.508 e. The lowest BCUT2D eigenvalue weighted by Crippen LogP contribution is -2.42. The number of nitrogens with zero attached hydrogens (tertiary/aromatic N) is 4. The van der Waals surface area contributed by atoms with Crippen LogP contribution in [-0.4, -0.2) is 75.5 Å². The van der Waals surface area contributed by atoms with Crippen molar-refractivity contribution in [2.45, 2.75) is 12.2 Å². The Labute approximate surface area is 299 Å². The van der Waals surface area contributed by atoms with E-state index in [0.717, 1.165) is 18.4 Å². The lowest BCUT2D eigenvalue weighted by molar-refractivity contribution is -0.385. The third-order valence-electron chi connectivity index (χ3n) is 8.55. The van der Waals surface area contributed by atoms with Crippen LogP contribution in [0.4, 0.5) is 5.69 Å². The Morgan fingerprint density at radius 2 is 1.62 bits per heavy atom. The molecule has 0 aromatic heterocycles. The van der Waals surface area contributed by atoms with Crippen LogP contribution in [0.15, 0.2) is 102 Å². The minimum Gasteiger partial charge on any atom is -0.508 e. The van der Waals surface area contributed by atoms with Crippen molar-refractivity contribution in [2.24, 2.45) is 5.10 Å². The molecule has 0 fully saturated rings. The number of carbonyl (C=O) groups excluding carboxylic acids is 5. The molecule has 16 heteroatoms. The predicted octanol–water partition coefficient (Wildman–Crippen LogP) is 3.73. The number of phenolic OH excluding ortho intramolecular Hbond substituents is 1. The van der Waals surface area contributed by atoms with Crippen molar-refractivity contribution < 1.29 is 52.9 Å². The molecule has 3 aliphatic heterocycles. The molecule has 0 aliphatic carbocycles. The quantitative estimate of drug-likeness (QED) is 0.0775. The van der Waals surface area contributed by atoms with E-state index in [1.807, 2.05) is 0 Å². The smallest absolute Gasteiger partial charge is 0.340 e. The number of nitro groups is 1. The monoisotopic (exact) mass is 718 g/mol. The summed E-state index contributed by atoms with van der Waals surface area (Å²) < 4.78 is 23.2. The summed E-state index contributed by atoms with van der Waals surface area (Å²) in [5, 5.41) is 26.3. The van der Waals surface area contributed by atoms with Gasteiger partial charge in [-0.15, -0.1) is 0 Å². The van der Waals surface area contributed by atoms with E-state index in [-0.39, 0.29) is 40.9 Å². The first-order chi connectivity index (χ1) is 25.5. The molecular weight excluding hydrogens is 692 g/mol. The zero-order valence-electron chi connectivity index (χ0n) is 27.4. The average molecular weight is 719 g/mol. The number of phenols is 1. The molecule has 0 saturated carbocycles. The molecule has 3 amide bonds. The molecule has 266 valence electrons. The second kappa shape index (κ2) is 13.7. The van der Waals surface area contributed by atoms with Crippen molar-refractivity contribution in [3.63, 3.8) is 0 Å². The first-order valence-electron chi connectivity index (χ1n) is 15.9. The van der Waals surface area contributed by atoms with Crippen LogP contribution < -0.4 is 9.47 Å². The number of esters is 2. The number of hydrogen-bond acceptors (Lipinski definition) is 13. The molecule has 1 spiro atoms. The van der Waals surface area contributed by atoms with Gasteiger partial charge < -0.3 is 24.1 Å². The van der Waals surface area contributed by atoms with Crippen molar-refractivity contribution in [3.8, 4) is 23.0 Å². The number of rotatable bonds is 11. The van der Waals surface area contributed by atoms with Crippen LogP contribution in [0.25, 0.3) is 0 Å². The van der Waals surface area contributed by atoms with Gasteiger partial charge in [0.2, 0.25) is 0 Å². The van der Waals surface area contributed by atoms with Gasteiger partial charge in [-0.25, -0.2) is 9.80 Å². The standard InChI is InChI=1S/C37H26N4O12/c42-23-9-11-27-30(17-23)52-31-18-24(10-12-28(31)37(27)26-7-3-2-6-25(26)36(47)53-37)50-16-15-38-40(34(45)19-39-32(43)13-14-33(39)44)20-35(46)51-21-22-5-1-4-8-29(22)41(48)49/h1-15,17-18,42H,16,19-21H2/b38-15+. The van der Waals surface area contributed by atoms with Crippen LogP contribution >= 0.6 is 0 Å². The highest BCUT2D eigenvalue weighted by Gasteiger charge is 2.53. The van der Waals surface area contributed by atoms with Crippen molar-refractivity contribution >= 4 is 41.6 Å². The second-order valence-corrected chi connectivity index (χ2v) is 11.8. The molecule has 0 saturated heterocycles. The molecule has 4 aromatic rings. The van der Waals surface area contributed by atoms with Crippen LogP contribution in [-0.2, 0) is 40.9 Å². The van der Waals surface area contributed by atoms with E-state index in [1.165, 1.54) is 36.4 Å². The summed E-state index contributed by atoms with van der Waals surface area (Å²) >= 11 is 0. The van der Waals surface area contributed by atoms with Gasteiger partial charge in [0.25, 0.3) is 23.4 Å². The highest BCUT2D eigenvalue weighted by Crippen LogP contribution is 2.56. The van der Waals surface area contributed by atoms with Gasteiger partial charge in [0, 0.05) is 47.0 Å². The Morgan fingerprint density at radius 1 is 0.925 bits per heavy atom. The zero-order chi connectivity index (χ0) is 37.3. The maximum absolute atomic E-state index is 13.2. The number of carbonyl (C=O) groups is 5. The van der Waals surface area contributed by atoms with Gasteiger partial charge in [-0.05, 0) is 36.4 Å². The topological polar surface area (TPSA) is 204 Å². The van der Waals surface area contributed by atoms with Crippen LogP contribution in [0, 0.1) is 10.1 Å². The molecule has 4 aromatic carbocycles. The highest BCUT2D eigenvalue weighted by molar-refractivity contribution is 6.14. The van der Waals surface area contributed by atoms with Gasteiger partial charge in [0.05, 0.1) is 22.3 Å². The van der Waals surface area contributed by atoms with Crippen molar-refractivity contribution in [3.05, 3.63) is 135 Å².